The van der Waals surface area contributed by atoms with Gasteiger partial charge in [0.25, 0.3) is 5.91 Å². The molecule has 1 fully saturated rings. The summed E-state index contributed by atoms with van der Waals surface area (Å²) in [6, 6.07) is 15.1. The van der Waals surface area contributed by atoms with Crippen LogP contribution in [0.25, 0.3) is 10.8 Å². The lowest BCUT2D eigenvalue weighted by molar-refractivity contribution is 0.0619. The van der Waals surface area contributed by atoms with Crippen molar-refractivity contribution in [3.63, 3.8) is 0 Å². The lowest BCUT2D eigenvalue weighted by Gasteiger charge is -2.34. The molecule has 0 radical (unpaired) electrons. The van der Waals surface area contributed by atoms with E-state index in [-0.39, 0.29) is 11.7 Å². The van der Waals surface area contributed by atoms with Gasteiger partial charge in [0.05, 0.1) is 25.0 Å². The van der Waals surface area contributed by atoms with Gasteiger partial charge in [-0.3, -0.25) is 14.5 Å². The van der Waals surface area contributed by atoms with Crippen molar-refractivity contribution in [2.45, 2.75) is 6.92 Å². The SMILES string of the molecule is CCOc1ccc2ccccc2c1C(=O)N1CCN(CC(=O)c2ccco2)CC1. The maximum Gasteiger partial charge on any atom is 0.258 e. The Balaban J connectivity index is 1.48. The van der Waals surface area contributed by atoms with Crippen LogP contribution in [0.1, 0.15) is 27.8 Å². The molecule has 4 rings (SSSR count). The molecule has 0 bridgehead atoms. The van der Waals surface area contributed by atoms with Gasteiger partial charge in [-0.25, -0.2) is 0 Å². The average molecular weight is 392 g/mol. The van der Waals surface area contributed by atoms with Crippen molar-refractivity contribution in [3.8, 4) is 5.75 Å². The van der Waals surface area contributed by atoms with E-state index in [1.165, 1.54) is 6.26 Å². The van der Waals surface area contributed by atoms with Gasteiger partial charge in [-0.2, -0.15) is 0 Å². The monoisotopic (exact) mass is 392 g/mol. The Kier molecular flexibility index (Phi) is 5.62. The van der Waals surface area contributed by atoms with E-state index < -0.39 is 0 Å². The molecule has 1 saturated heterocycles. The molecular weight excluding hydrogens is 368 g/mol. The van der Waals surface area contributed by atoms with Crippen molar-refractivity contribution in [2.75, 3.05) is 39.3 Å². The van der Waals surface area contributed by atoms with Gasteiger partial charge in [-0.1, -0.05) is 30.3 Å². The van der Waals surface area contributed by atoms with Crippen molar-refractivity contribution < 1.29 is 18.7 Å². The summed E-state index contributed by atoms with van der Waals surface area (Å²) < 4.78 is 10.9. The highest BCUT2D eigenvalue weighted by Gasteiger charge is 2.27. The molecule has 2 aromatic carbocycles. The highest BCUT2D eigenvalue weighted by Crippen LogP contribution is 2.30. The van der Waals surface area contributed by atoms with Crippen LogP contribution in [0.3, 0.4) is 0 Å². The predicted molar refractivity (Wildman–Crippen MR) is 110 cm³/mol. The van der Waals surface area contributed by atoms with Gasteiger partial charge in [0.2, 0.25) is 5.78 Å². The Morgan fingerprint density at radius 1 is 1.00 bits per heavy atom. The molecule has 0 saturated carbocycles. The molecule has 1 aliphatic rings. The van der Waals surface area contributed by atoms with Crippen LogP contribution in [0.5, 0.6) is 5.75 Å². The van der Waals surface area contributed by atoms with Crippen LogP contribution in [0.4, 0.5) is 0 Å². The molecule has 6 nitrogen and oxygen atoms in total. The van der Waals surface area contributed by atoms with Gasteiger partial charge in [-0.05, 0) is 35.9 Å². The van der Waals surface area contributed by atoms with Gasteiger partial charge in [0.15, 0.2) is 5.76 Å². The molecule has 0 N–H and O–H groups in total. The average Bonchev–Trinajstić information content (AvgIpc) is 3.29. The number of nitrogens with zero attached hydrogens (tertiary/aromatic N) is 2. The summed E-state index contributed by atoms with van der Waals surface area (Å²) in [4.78, 5) is 29.5. The molecule has 0 spiro atoms. The number of benzene rings is 2. The molecule has 6 heteroatoms. The second-order valence-electron chi connectivity index (χ2n) is 7.06. The minimum atomic E-state index is -0.0394. The minimum Gasteiger partial charge on any atom is -0.493 e. The number of hydrogen-bond acceptors (Lipinski definition) is 5. The summed E-state index contributed by atoms with van der Waals surface area (Å²) in [6.45, 7) is 5.14. The van der Waals surface area contributed by atoms with Crippen LogP contribution in [-0.4, -0.2) is 60.8 Å². The lowest BCUT2D eigenvalue weighted by atomic mass is 10.0. The first-order valence-electron chi connectivity index (χ1n) is 9.90. The summed E-state index contributed by atoms with van der Waals surface area (Å²) in [5.74, 6) is 0.928. The van der Waals surface area contributed by atoms with E-state index in [0.717, 1.165) is 10.8 Å². The fourth-order valence-corrected chi connectivity index (χ4v) is 3.73. The minimum absolute atomic E-state index is 0.0257. The van der Waals surface area contributed by atoms with Crippen LogP contribution in [0.15, 0.2) is 59.2 Å². The highest BCUT2D eigenvalue weighted by atomic mass is 16.5. The number of fused-ring (bicyclic) bond motifs is 1. The highest BCUT2D eigenvalue weighted by molar-refractivity contribution is 6.09. The Hall–Kier alpha value is -3.12. The molecule has 1 amide bonds. The number of ether oxygens (including phenoxy) is 1. The maximum absolute atomic E-state index is 13.4. The zero-order valence-electron chi connectivity index (χ0n) is 16.5. The van der Waals surface area contributed by atoms with Gasteiger partial charge in [0, 0.05) is 26.2 Å². The molecule has 1 aromatic heterocycles. The fourth-order valence-electron chi connectivity index (χ4n) is 3.73. The summed E-state index contributed by atoms with van der Waals surface area (Å²) in [5.41, 5.74) is 0.616. The maximum atomic E-state index is 13.4. The largest absolute Gasteiger partial charge is 0.493 e. The number of rotatable bonds is 6. The first kappa shape index (κ1) is 19.2. The zero-order chi connectivity index (χ0) is 20.2. The normalized spacial score (nSPS) is 14.9. The van der Waals surface area contributed by atoms with Crippen molar-refractivity contribution in [2.24, 2.45) is 0 Å². The van der Waals surface area contributed by atoms with Gasteiger partial charge in [-0.15, -0.1) is 0 Å². The van der Waals surface area contributed by atoms with Crippen molar-refractivity contribution in [1.82, 2.24) is 9.80 Å². The van der Waals surface area contributed by atoms with E-state index in [9.17, 15) is 9.59 Å². The summed E-state index contributed by atoms with van der Waals surface area (Å²) in [6.07, 6.45) is 1.50. The van der Waals surface area contributed by atoms with E-state index >= 15 is 0 Å². The van der Waals surface area contributed by atoms with Crippen molar-refractivity contribution in [1.29, 1.82) is 0 Å². The number of ketones is 1. The van der Waals surface area contributed by atoms with Gasteiger partial charge < -0.3 is 14.1 Å². The number of hydrogen-bond donors (Lipinski definition) is 0. The van der Waals surface area contributed by atoms with Crippen LogP contribution < -0.4 is 4.74 Å². The number of carbonyl (C=O) groups excluding carboxylic acids is 2. The second-order valence-corrected chi connectivity index (χ2v) is 7.06. The van der Waals surface area contributed by atoms with Crippen LogP contribution in [0.2, 0.25) is 0 Å². The third-order valence-electron chi connectivity index (χ3n) is 5.23. The number of Topliss-reactive ketones (excluding diaryl/α,β-unsaturated/α-hetero) is 1. The van der Waals surface area contributed by atoms with E-state index in [1.54, 1.807) is 12.1 Å². The molecular formula is C23H24N2O4. The lowest BCUT2D eigenvalue weighted by Crippen LogP contribution is -2.50. The van der Waals surface area contributed by atoms with Crippen LogP contribution in [0, 0.1) is 0 Å². The summed E-state index contributed by atoms with van der Waals surface area (Å²) in [5, 5.41) is 1.92. The Bertz CT molecular complexity index is 1000. The topological polar surface area (TPSA) is 63.0 Å². The molecule has 29 heavy (non-hydrogen) atoms. The van der Waals surface area contributed by atoms with Gasteiger partial charge >= 0.3 is 0 Å². The Morgan fingerprint density at radius 3 is 2.52 bits per heavy atom. The van der Waals surface area contributed by atoms with Crippen molar-refractivity contribution >= 4 is 22.5 Å². The number of carbonyl (C=O) groups is 2. The fraction of sp³-hybridized carbons (Fsp3) is 0.304. The third-order valence-corrected chi connectivity index (χ3v) is 5.23. The van der Waals surface area contributed by atoms with Gasteiger partial charge in [0.1, 0.15) is 5.75 Å². The second kappa shape index (κ2) is 8.49. The van der Waals surface area contributed by atoms with Crippen molar-refractivity contribution in [3.05, 3.63) is 66.1 Å². The van der Waals surface area contributed by atoms with E-state index in [4.69, 9.17) is 9.15 Å². The molecule has 0 atom stereocenters. The van der Waals surface area contributed by atoms with E-state index in [1.807, 2.05) is 48.2 Å². The van der Waals surface area contributed by atoms with Crippen LogP contribution in [-0.2, 0) is 0 Å². The number of amides is 1. The Morgan fingerprint density at radius 2 is 1.79 bits per heavy atom. The summed E-state index contributed by atoms with van der Waals surface area (Å²) in [7, 11) is 0. The third kappa shape index (κ3) is 4.03. The zero-order valence-corrected chi connectivity index (χ0v) is 16.5. The standard InChI is InChI=1S/C23H24N2O4/c1-2-28-21-10-9-17-6-3-4-7-18(17)22(21)23(27)25-13-11-24(12-14-25)16-19(26)20-8-5-15-29-20/h3-10,15H,2,11-14,16H2,1H3. The molecule has 3 aromatic rings. The first-order chi connectivity index (χ1) is 14.2. The molecule has 150 valence electrons. The molecule has 0 unspecified atom stereocenters. The number of piperazine rings is 1. The van der Waals surface area contributed by atoms with Crippen LogP contribution >= 0.6 is 0 Å². The predicted octanol–water partition coefficient (Wildman–Crippen LogP) is 3.47. The number of furan rings is 1. The first-order valence-corrected chi connectivity index (χ1v) is 9.90. The molecule has 1 aliphatic heterocycles. The molecule has 2 heterocycles. The van der Waals surface area contributed by atoms with E-state index in [2.05, 4.69) is 4.90 Å². The summed E-state index contributed by atoms with van der Waals surface area (Å²) >= 11 is 0. The quantitative estimate of drug-likeness (QED) is 0.601. The molecule has 0 aliphatic carbocycles. The smallest absolute Gasteiger partial charge is 0.258 e. The Labute approximate surface area is 169 Å². The van der Waals surface area contributed by atoms with E-state index in [0.29, 0.717) is 56.4 Å².